The summed E-state index contributed by atoms with van der Waals surface area (Å²) in [6.07, 6.45) is 0.678. The molecule has 4 nitrogen and oxygen atoms in total. The SMILES string of the molecule is COC(=O)CCc1cc(N)ccc1O. The molecule has 0 fully saturated rings. The fraction of sp³-hybridized carbons (Fsp3) is 0.300. The highest BCUT2D eigenvalue weighted by atomic mass is 16.5. The molecule has 0 amide bonds. The van der Waals surface area contributed by atoms with E-state index in [0.717, 1.165) is 0 Å². The average Bonchev–Trinajstić information content (AvgIpc) is 2.19. The molecule has 0 spiro atoms. The lowest BCUT2D eigenvalue weighted by Gasteiger charge is -2.04. The number of anilines is 1. The number of nitrogen functional groups attached to an aromatic ring is 1. The number of nitrogens with two attached hydrogens (primary N) is 1. The largest absolute Gasteiger partial charge is 0.508 e. The Labute approximate surface area is 82.3 Å². The van der Waals surface area contributed by atoms with Gasteiger partial charge in [-0.2, -0.15) is 0 Å². The van der Waals surface area contributed by atoms with Gasteiger partial charge in [-0.15, -0.1) is 0 Å². The van der Waals surface area contributed by atoms with Crippen LogP contribution in [0, 0.1) is 0 Å². The molecule has 14 heavy (non-hydrogen) atoms. The van der Waals surface area contributed by atoms with Gasteiger partial charge >= 0.3 is 5.97 Å². The molecule has 3 N–H and O–H groups in total. The number of hydrogen-bond acceptors (Lipinski definition) is 4. The number of hydrogen-bond donors (Lipinski definition) is 2. The summed E-state index contributed by atoms with van der Waals surface area (Å²) in [5.41, 5.74) is 6.77. The lowest BCUT2D eigenvalue weighted by atomic mass is 10.1. The maximum Gasteiger partial charge on any atom is 0.305 e. The van der Waals surface area contributed by atoms with E-state index < -0.39 is 0 Å². The highest BCUT2D eigenvalue weighted by Crippen LogP contribution is 2.21. The van der Waals surface area contributed by atoms with Crippen molar-refractivity contribution < 1.29 is 14.6 Å². The second kappa shape index (κ2) is 4.50. The highest BCUT2D eigenvalue weighted by Gasteiger charge is 2.05. The normalized spacial score (nSPS) is 9.79. The molecule has 0 aliphatic heterocycles. The number of aryl methyl sites for hydroxylation is 1. The lowest BCUT2D eigenvalue weighted by Crippen LogP contribution is -2.02. The molecule has 0 aromatic heterocycles. The Morgan fingerprint density at radius 1 is 1.57 bits per heavy atom. The topological polar surface area (TPSA) is 72.5 Å². The molecule has 76 valence electrons. The Morgan fingerprint density at radius 3 is 2.93 bits per heavy atom. The molecule has 0 saturated heterocycles. The molecular formula is C10H13NO3. The fourth-order valence-electron chi connectivity index (χ4n) is 1.14. The van der Waals surface area contributed by atoms with E-state index in [1.165, 1.54) is 13.2 Å². The zero-order chi connectivity index (χ0) is 10.6. The first-order valence-corrected chi connectivity index (χ1v) is 4.27. The van der Waals surface area contributed by atoms with Crippen molar-refractivity contribution in [3.8, 4) is 5.75 Å². The van der Waals surface area contributed by atoms with Crippen molar-refractivity contribution in [2.75, 3.05) is 12.8 Å². The van der Waals surface area contributed by atoms with Gasteiger partial charge in [-0.1, -0.05) is 0 Å². The van der Waals surface area contributed by atoms with Crippen LogP contribution in [-0.2, 0) is 16.0 Å². The summed E-state index contributed by atoms with van der Waals surface area (Å²) in [5, 5.41) is 9.41. The quantitative estimate of drug-likeness (QED) is 0.430. The Bertz CT molecular complexity index is 336. The molecule has 0 aliphatic carbocycles. The van der Waals surface area contributed by atoms with E-state index in [9.17, 15) is 9.90 Å². The fourth-order valence-corrected chi connectivity index (χ4v) is 1.14. The summed E-state index contributed by atoms with van der Waals surface area (Å²) in [6, 6.07) is 4.77. The van der Waals surface area contributed by atoms with E-state index in [2.05, 4.69) is 4.74 Å². The molecule has 0 unspecified atom stereocenters. The van der Waals surface area contributed by atoms with Gasteiger partial charge in [0.15, 0.2) is 0 Å². The maximum absolute atomic E-state index is 10.8. The minimum atomic E-state index is -0.299. The monoisotopic (exact) mass is 195 g/mol. The van der Waals surface area contributed by atoms with Crippen LogP contribution in [0.3, 0.4) is 0 Å². The van der Waals surface area contributed by atoms with Crippen molar-refractivity contribution in [1.82, 2.24) is 0 Å². The van der Waals surface area contributed by atoms with Gasteiger partial charge in [0, 0.05) is 12.1 Å². The van der Waals surface area contributed by atoms with Crippen LogP contribution in [0.25, 0.3) is 0 Å². The van der Waals surface area contributed by atoms with Crippen LogP contribution in [0.4, 0.5) is 5.69 Å². The molecule has 0 aliphatic rings. The van der Waals surface area contributed by atoms with Crippen LogP contribution in [0.1, 0.15) is 12.0 Å². The Hall–Kier alpha value is -1.71. The van der Waals surface area contributed by atoms with E-state index in [-0.39, 0.29) is 18.1 Å². The van der Waals surface area contributed by atoms with E-state index in [1.54, 1.807) is 12.1 Å². The smallest absolute Gasteiger partial charge is 0.305 e. The molecule has 0 saturated carbocycles. The Balaban J connectivity index is 2.66. The van der Waals surface area contributed by atoms with Crippen molar-refractivity contribution in [1.29, 1.82) is 0 Å². The number of aromatic hydroxyl groups is 1. The number of benzene rings is 1. The number of phenolic OH excluding ortho intramolecular Hbond substituents is 1. The van der Waals surface area contributed by atoms with Gasteiger partial charge < -0.3 is 15.6 Å². The first kappa shape index (κ1) is 10.4. The number of rotatable bonds is 3. The molecular weight excluding hydrogens is 182 g/mol. The summed E-state index contributed by atoms with van der Waals surface area (Å²) in [6.45, 7) is 0. The van der Waals surface area contributed by atoms with Crippen molar-refractivity contribution in [3.05, 3.63) is 23.8 Å². The lowest BCUT2D eigenvalue weighted by molar-refractivity contribution is -0.140. The van der Waals surface area contributed by atoms with Gasteiger partial charge in [-0.05, 0) is 30.2 Å². The maximum atomic E-state index is 10.8. The number of methoxy groups -OCH3 is 1. The van der Waals surface area contributed by atoms with Gasteiger partial charge in [0.2, 0.25) is 0 Å². The Morgan fingerprint density at radius 2 is 2.29 bits per heavy atom. The van der Waals surface area contributed by atoms with Crippen LogP contribution in [-0.4, -0.2) is 18.2 Å². The van der Waals surface area contributed by atoms with Gasteiger partial charge in [-0.3, -0.25) is 4.79 Å². The van der Waals surface area contributed by atoms with E-state index in [0.29, 0.717) is 17.7 Å². The third-order valence-electron chi connectivity index (χ3n) is 1.93. The second-order valence-corrected chi connectivity index (χ2v) is 2.96. The van der Waals surface area contributed by atoms with E-state index in [4.69, 9.17) is 5.73 Å². The zero-order valence-electron chi connectivity index (χ0n) is 7.99. The molecule has 0 radical (unpaired) electrons. The molecule has 0 heterocycles. The summed E-state index contributed by atoms with van der Waals surface area (Å²) < 4.78 is 4.49. The first-order valence-electron chi connectivity index (χ1n) is 4.27. The van der Waals surface area contributed by atoms with Crippen LogP contribution >= 0.6 is 0 Å². The van der Waals surface area contributed by atoms with Crippen molar-refractivity contribution in [2.45, 2.75) is 12.8 Å². The standard InChI is InChI=1S/C10H13NO3/c1-14-10(13)5-2-7-6-8(11)3-4-9(7)12/h3-4,6,12H,2,5,11H2,1H3. The minimum absolute atomic E-state index is 0.156. The zero-order valence-corrected chi connectivity index (χ0v) is 7.99. The van der Waals surface area contributed by atoms with Gasteiger partial charge in [0.25, 0.3) is 0 Å². The van der Waals surface area contributed by atoms with Crippen molar-refractivity contribution >= 4 is 11.7 Å². The third kappa shape index (κ3) is 2.65. The second-order valence-electron chi connectivity index (χ2n) is 2.96. The number of phenols is 1. The Kier molecular flexibility index (Phi) is 3.34. The first-order chi connectivity index (χ1) is 6.63. The summed E-state index contributed by atoms with van der Waals surface area (Å²) in [7, 11) is 1.33. The summed E-state index contributed by atoms with van der Waals surface area (Å²) >= 11 is 0. The predicted octanol–water partition coefficient (Wildman–Crippen LogP) is 1.08. The predicted molar refractivity (Wildman–Crippen MR) is 52.9 cm³/mol. The third-order valence-corrected chi connectivity index (χ3v) is 1.93. The van der Waals surface area contributed by atoms with Crippen LogP contribution in [0.5, 0.6) is 5.75 Å². The molecule has 0 atom stereocenters. The average molecular weight is 195 g/mol. The number of carbonyl (C=O) groups is 1. The molecule has 4 heteroatoms. The van der Waals surface area contributed by atoms with Gasteiger partial charge in [0.1, 0.15) is 5.75 Å². The molecule has 1 aromatic rings. The van der Waals surface area contributed by atoms with Crippen molar-refractivity contribution in [3.63, 3.8) is 0 Å². The molecule has 0 bridgehead atoms. The van der Waals surface area contributed by atoms with Crippen LogP contribution in [0.15, 0.2) is 18.2 Å². The number of carbonyl (C=O) groups excluding carboxylic acids is 1. The van der Waals surface area contributed by atoms with E-state index in [1.807, 2.05) is 0 Å². The molecule has 1 rings (SSSR count). The van der Waals surface area contributed by atoms with Crippen molar-refractivity contribution in [2.24, 2.45) is 0 Å². The van der Waals surface area contributed by atoms with Gasteiger partial charge in [0.05, 0.1) is 7.11 Å². The highest BCUT2D eigenvalue weighted by molar-refractivity contribution is 5.69. The van der Waals surface area contributed by atoms with Crippen LogP contribution < -0.4 is 5.73 Å². The minimum Gasteiger partial charge on any atom is -0.508 e. The number of esters is 1. The summed E-state index contributed by atoms with van der Waals surface area (Å²) in [5.74, 6) is -0.144. The van der Waals surface area contributed by atoms with Crippen LogP contribution in [0.2, 0.25) is 0 Å². The number of ether oxygens (including phenoxy) is 1. The van der Waals surface area contributed by atoms with Gasteiger partial charge in [-0.25, -0.2) is 0 Å². The summed E-state index contributed by atoms with van der Waals surface area (Å²) in [4.78, 5) is 10.8. The van der Waals surface area contributed by atoms with E-state index >= 15 is 0 Å². The molecule has 1 aromatic carbocycles.